The normalized spacial score (nSPS) is 22.5. The smallest absolute Gasteiger partial charge is 0.338 e. The number of amidine groups is 4. The number of carbonyl (C=O) groups excluding carboxylic acids is 5. The van der Waals surface area contributed by atoms with E-state index in [0.29, 0.717) is 170 Å². The third-order valence-electron chi connectivity index (χ3n) is 24.1. The Balaban J connectivity index is 0.000000139. The Morgan fingerprint density at radius 2 is 0.729 bits per heavy atom. The van der Waals surface area contributed by atoms with Crippen LogP contribution in [0.2, 0.25) is 20.1 Å². The summed E-state index contributed by atoms with van der Waals surface area (Å²) in [5, 5.41) is 27.5. The van der Waals surface area contributed by atoms with E-state index in [1.165, 1.54) is 145 Å². The highest BCUT2D eigenvalue weighted by Gasteiger charge is 2.47. The molecule has 5 fully saturated rings. The minimum atomic E-state index is -3.30. The lowest BCUT2D eigenvalue weighted by molar-refractivity contribution is -0.181. The number of ether oxygens (including phenoxy) is 6. The third-order valence-corrected chi connectivity index (χ3v) is 29.9. The number of hydrogen-bond acceptors (Lipinski definition) is 30. The molecule has 4 aliphatic carbocycles. The predicted molar refractivity (Wildman–Crippen MR) is 487 cm³/mol. The van der Waals surface area contributed by atoms with Crippen LogP contribution in [0.3, 0.4) is 0 Å². The van der Waals surface area contributed by atoms with Gasteiger partial charge in [-0.15, -0.1) is 45.3 Å². The first-order chi connectivity index (χ1) is 62.1. The molecule has 1 spiro atoms. The number of aromatic nitrogens is 4. The second-order valence-electron chi connectivity index (χ2n) is 31.6. The van der Waals surface area contributed by atoms with Crippen LogP contribution < -0.4 is 26.6 Å². The van der Waals surface area contributed by atoms with Crippen LogP contribution in [0.5, 0.6) is 0 Å². The lowest BCUT2D eigenvalue weighted by Crippen LogP contribution is -2.42. The maximum Gasteiger partial charge on any atom is 0.338 e. The van der Waals surface area contributed by atoms with Crippen molar-refractivity contribution in [3.63, 3.8) is 0 Å². The molecule has 4 aromatic carbocycles. The number of ketones is 1. The zero-order valence-electron chi connectivity index (χ0n) is 70.9. The number of benzene rings is 4. The van der Waals surface area contributed by atoms with E-state index in [4.69, 9.17) is 94.8 Å². The van der Waals surface area contributed by atoms with Crippen LogP contribution in [0, 0.1) is 46.9 Å². The number of halogens is 8. The molecule has 8 aromatic rings. The Kier molecular flexibility index (Phi) is 31.7. The van der Waals surface area contributed by atoms with E-state index in [0.717, 1.165) is 62.8 Å². The number of nitrogens with zero attached hydrogens (tertiary/aromatic N) is 9. The molecule has 5 aliphatic heterocycles. The van der Waals surface area contributed by atoms with Gasteiger partial charge in [0.15, 0.2) is 49.2 Å². The molecular formula is C89H92Cl4F4N14O13S5. The summed E-state index contributed by atoms with van der Waals surface area (Å²) < 4.78 is 113. The van der Waals surface area contributed by atoms with Gasteiger partial charge in [0, 0.05) is 168 Å². The number of sulfonamides is 1. The molecule has 5 N–H and O–H groups in total. The number of Topliss-reactive ketones (excluding diaryl/α,β-unsaturated/α-hetero) is 1. The summed E-state index contributed by atoms with van der Waals surface area (Å²) in [5.41, 5.74) is 6.35. The highest BCUT2D eigenvalue weighted by molar-refractivity contribution is 7.88. The molecule has 17 rings (SSSR count). The highest BCUT2D eigenvalue weighted by atomic mass is 35.5. The number of carbonyl (C=O) groups is 5. The van der Waals surface area contributed by atoms with E-state index in [1.54, 1.807) is 44.0 Å². The average molecular weight is 1940 g/mol. The van der Waals surface area contributed by atoms with Gasteiger partial charge in [-0.3, -0.25) is 24.8 Å². The van der Waals surface area contributed by atoms with E-state index in [9.17, 15) is 50.0 Å². The van der Waals surface area contributed by atoms with Crippen molar-refractivity contribution in [3.8, 4) is 0 Å². The highest BCUT2D eigenvalue weighted by Crippen LogP contribution is 2.49. The van der Waals surface area contributed by atoms with Gasteiger partial charge < -0.3 is 55.0 Å². The number of allylic oxidation sites excluding steroid dienone is 4. The number of methoxy groups -OCH3 is 4. The molecule has 682 valence electrons. The first-order valence-electron chi connectivity index (χ1n) is 41.6. The number of thiazole rings is 4. The fourth-order valence-electron chi connectivity index (χ4n) is 17.5. The van der Waals surface area contributed by atoms with Crippen molar-refractivity contribution in [2.24, 2.45) is 43.6 Å². The minimum absolute atomic E-state index is 0.0321. The average Bonchev–Trinajstić information content (AvgIpc) is 1.61. The molecule has 4 atom stereocenters. The van der Waals surface area contributed by atoms with Crippen molar-refractivity contribution in [3.05, 3.63) is 250 Å². The number of esters is 4. The van der Waals surface area contributed by atoms with Crippen molar-refractivity contribution < 1.29 is 78.4 Å². The van der Waals surface area contributed by atoms with Gasteiger partial charge in [0.2, 0.25) is 10.0 Å². The Hall–Kier alpha value is -9.54. The summed E-state index contributed by atoms with van der Waals surface area (Å²) in [6, 6.07) is 13.6. The Morgan fingerprint density at radius 1 is 0.450 bits per heavy atom. The second-order valence-corrected chi connectivity index (χ2v) is 38.9. The van der Waals surface area contributed by atoms with E-state index in [2.05, 4.69) is 46.5 Å². The molecule has 9 heterocycles. The quantitative estimate of drug-likeness (QED) is 0.0285. The molecule has 4 saturated carbocycles. The van der Waals surface area contributed by atoms with Gasteiger partial charge in [0.25, 0.3) is 0 Å². The Morgan fingerprint density at radius 3 is 0.984 bits per heavy atom. The van der Waals surface area contributed by atoms with Crippen molar-refractivity contribution in [2.45, 2.75) is 145 Å². The monoisotopic (exact) mass is 1940 g/mol. The summed E-state index contributed by atoms with van der Waals surface area (Å²) in [6.45, 7) is 1.20. The molecule has 129 heavy (non-hydrogen) atoms. The van der Waals surface area contributed by atoms with Gasteiger partial charge in [-0.2, -0.15) is 0 Å². The second kappa shape index (κ2) is 42.8. The molecule has 0 bridgehead atoms. The molecule has 1 saturated heterocycles. The summed E-state index contributed by atoms with van der Waals surface area (Å²) in [7, 11) is 5.57. The molecule has 4 unspecified atom stereocenters. The first-order valence-corrected chi connectivity index (χ1v) is 48.4. The Labute approximate surface area is 778 Å². The van der Waals surface area contributed by atoms with Crippen molar-refractivity contribution >= 4 is 155 Å². The zero-order chi connectivity index (χ0) is 91.5. The molecular weight excluding hydrogens is 1850 g/mol. The van der Waals surface area contributed by atoms with Crippen LogP contribution in [-0.4, -0.2) is 166 Å². The number of nitrogens with one attached hydrogen (secondary N) is 5. The molecule has 4 aromatic heterocycles. The molecule has 40 heteroatoms. The van der Waals surface area contributed by atoms with Crippen LogP contribution in [0.1, 0.15) is 169 Å². The minimum Gasteiger partial charge on any atom is -0.466 e. The summed E-state index contributed by atoms with van der Waals surface area (Å²) in [5.74, 6) is -2.05. The predicted octanol–water partition coefficient (Wildman–Crippen LogP) is 16.7. The van der Waals surface area contributed by atoms with Gasteiger partial charge >= 0.3 is 23.9 Å². The van der Waals surface area contributed by atoms with Crippen LogP contribution in [0.4, 0.5) is 17.6 Å². The SMILES string of the molecule is CNC1CCC(C2=C(C(=O)OC)C(c3ccc(F)cc3Cl)N=C(c3nccs3)N2)CC1.COC(=O)C1=C(C2CCC(=O)CC2)NC(c2nccs2)=NC1c1ccc(F)cc1Cl.COC(=O)C1=C(C2CCC(N(C)S(C)(=O)=O)CC2)NC(c2nccs2)=NC1c1ccc(F)cc1Cl.COC(=O)C1=C(C2CCC3(CC2)OCCO3)NC(c2nccs2)=NC1c1ccc(F)cc1Cl. The summed E-state index contributed by atoms with van der Waals surface area (Å²) in [6.07, 6.45) is 19.5. The zero-order valence-corrected chi connectivity index (χ0v) is 78.1. The van der Waals surface area contributed by atoms with Gasteiger partial charge in [-0.05, 0) is 144 Å². The van der Waals surface area contributed by atoms with E-state index in [-0.39, 0.29) is 55.6 Å². The summed E-state index contributed by atoms with van der Waals surface area (Å²) in [4.78, 5) is 100. The molecule has 9 aliphatic rings. The van der Waals surface area contributed by atoms with Gasteiger partial charge in [-0.25, -0.2) is 69.4 Å². The molecule has 27 nitrogen and oxygen atoms in total. The topological polar surface area (TPSA) is 339 Å². The lowest BCUT2D eigenvalue weighted by atomic mass is 9.80. The molecule has 0 amide bonds. The first kappa shape index (κ1) is 95.5. The van der Waals surface area contributed by atoms with Crippen molar-refractivity contribution in [1.82, 2.24) is 50.8 Å². The maximum absolute atomic E-state index is 13.8. The van der Waals surface area contributed by atoms with Crippen LogP contribution >= 0.6 is 91.8 Å². The van der Waals surface area contributed by atoms with Crippen LogP contribution in [0.15, 0.2) is 184 Å². The lowest BCUT2D eigenvalue weighted by Gasteiger charge is -2.38. The van der Waals surface area contributed by atoms with Gasteiger partial charge in [-0.1, -0.05) is 70.7 Å². The summed E-state index contributed by atoms with van der Waals surface area (Å²) >= 11 is 31.2. The fourth-order valence-corrected chi connectivity index (χ4v) is 21.7. The largest absolute Gasteiger partial charge is 0.466 e. The Bertz CT molecular complexity index is 5840. The van der Waals surface area contributed by atoms with Crippen LogP contribution in [-0.2, 0) is 62.4 Å². The number of hydrogen-bond donors (Lipinski definition) is 5. The molecule has 0 radical (unpaired) electrons. The van der Waals surface area contributed by atoms with Gasteiger partial charge in [0.05, 0.1) is 70.2 Å². The fraction of sp³-hybridized carbons (Fsp3) is 0.404. The van der Waals surface area contributed by atoms with Crippen LogP contribution in [0.25, 0.3) is 0 Å². The standard InChI is InChI=1S/C23H26ClFN4O4S2.C23H23ClFN3O4S.C22H24ClFN4O2S.C21H19ClFN3O3S/c1-29(35(3,31)32)15-7-4-13(5-8-15)19-18(23(30)33-2)20(16-9-6-14(25)12-17(16)24)28-21(27-19)22-26-10-11-34-22;1-30-22(29)17-18(13-4-6-23(7-5-13)31-9-10-32-23)27-20(21-26-8-11-33-21)28-19(17)15-3-2-14(25)12-16(15)24;1-25-14-6-3-12(4-7-14)18-17(22(29)30-2)19(15-8-5-13(24)11-16(15)23)28-20(27-18)21-26-9-10-31-21;1-29-21(28)16-17(11-2-5-13(27)6-3-11)25-19(20-24-8-9-30-20)26-18(16)14-7-4-12(23)10-15(14)22/h6,9-13,15,20H,4-5,7-8H2,1-3H3,(H,27,28);2-3,8,11-13,19H,4-7,9-10H2,1H3,(H,27,28);5,8-12,14,19,25H,3-4,6-7H2,1-2H3,(H,27,28);4,7-11,18H,2-3,5-6H2,1H3,(H,25,26). The number of rotatable bonds is 19. The van der Waals surface area contributed by atoms with E-state index >= 15 is 0 Å². The van der Waals surface area contributed by atoms with E-state index in [1.807, 2.05) is 28.6 Å². The maximum atomic E-state index is 13.8. The van der Waals surface area contributed by atoms with E-state index < -0.39 is 87.1 Å². The number of aliphatic imine (C=N–C) groups is 4. The third kappa shape index (κ3) is 22.1. The van der Waals surface area contributed by atoms with Crippen molar-refractivity contribution in [2.75, 3.05) is 62.0 Å². The van der Waals surface area contributed by atoms with Gasteiger partial charge in [0.1, 0.15) is 53.2 Å². The van der Waals surface area contributed by atoms with Crippen molar-refractivity contribution in [1.29, 1.82) is 0 Å².